The average molecular weight is 292 g/mol. The zero-order valence-corrected chi connectivity index (χ0v) is 13.3. The zero-order chi connectivity index (χ0) is 13.7. The molecule has 0 amide bonds. The SMILES string of the molecule is Cc1ccccc1SCc1ncc(CNC(C)C)s1. The van der Waals surface area contributed by atoms with Crippen molar-refractivity contribution in [3.63, 3.8) is 0 Å². The van der Waals surface area contributed by atoms with Crippen molar-refractivity contribution in [3.8, 4) is 0 Å². The third-order valence-electron chi connectivity index (χ3n) is 2.73. The highest BCUT2D eigenvalue weighted by molar-refractivity contribution is 7.98. The Morgan fingerprint density at radius 3 is 2.84 bits per heavy atom. The fourth-order valence-electron chi connectivity index (χ4n) is 1.66. The summed E-state index contributed by atoms with van der Waals surface area (Å²) in [4.78, 5) is 7.16. The van der Waals surface area contributed by atoms with Crippen LogP contribution in [0.2, 0.25) is 0 Å². The highest BCUT2D eigenvalue weighted by Crippen LogP contribution is 2.27. The van der Waals surface area contributed by atoms with E-state index in [9.17, 15) is 0 Å². The van der Waals surface area contributed by atoms with Crippen molar-refractivity contribution in [2.75, 3.05) is 0 Å². The Bertz CT molecular complexity index is 520. The lowest BCUT2D eigenvalue weighted by atomic mass is 10.2. The number of hydrogen-bond acceptors (Lipinski definition) is 4. The van der Waals surface area contributed by atoms with Gasteiger partial charge in [0.2, 0.25) is 0 Å². The van der Waals surface area contributed by atoms with Crippen LogP contribution in [0, 0.1) is 6.92 Å². The summed E-state index contributed by atoms with van der Waals surface area (Å²) < 4.78 is 0. The van der Waals surface area contributed by atoms with E-state index in [0.29, 0.717) is 6.04 Å². The summed E-state index contributed by atoms with van der Waals surface area (Å²) in [5.41, 5.74) is 1.34. The minimum Gasteiger partial charge on any atom is -0.310 e. The van der Waals surface area contributed by atoms with E-state index in [1.165, 1.54) is 20.3 Å². The van der Waals surface area contributed by atoms with E-state index in [1.54, 1.807) is 11.3 Å². The smallest absolute Gasteiger partial charge is 0.103 e. The molecule has 1 aromatic carbocycles. The maximum atomic E-state index is 4.50. The summed E-state index contributed by atoms with van der Waals surface area (Å²) >= 11 is 3.67. The molecule has 0 unspecified atom stereocenters. The molecule has 102 valence electrons. The molecular formula is C15H20N2S2. The molecule has 1 aromatic heterocycles. The van der Waals surface area contributed by atoms with Crippen LogP contribution < -0.4 is 5.32 Å². The predicted octanol–water partition coefficient (Wildman–Crippen LogP) is 4.24. The van der Waals surface area contributed by atoms with Gasteiger partial charge >= 0.3 is 0 Å². The van der Waals surface area contributed by atoms with Gasteiger partial charge in [-0.1, -0.05) is 32.0 Å². The summed E-state index contributed by atoms with van der Waals surface area (Å²) in [6.45, 7) is 7.40. The number of nitrogens with zero attached hydrogens (tertiary/aromatic N) is 1. The molecule has 0 aliphatic heterocycles. The van der Waals surface area contributed by atoms with E-state index < -0.39 is 0 Å². The summed E-state index contributed by atoms with van der Waals surface area (Å²) in [6.07, 6.45) is 1.99. The summed E-state index contributed by atoms with van der Waals surface area (Å²) in [5.74, 6) is 0.956. The van der Waals surface area contributed by atoms with Crippen LogP contribution in [0.15, 0.2) is 35.4 Å². The summed E-state index contributed by atoms with van der Waals surface area (Å²) in [7, 11) is 0. The largest absolute Gasteiger partial charge is 0.310 e. The van der Waals surface area contributed by atoms with Crippen molar-refractivity contribution in [2.24, 2.45) is 0 Å². The second-order valence-electron chi connectivity index (χ2n) is 4.81. The zero-order valence-electron chi connectivity index (χ0n) is 11.6. The quantitative estimate of drug-likeness (QED) is 0.806. The Kier molecular flexibility index (Phi) is 5.43. The van der Waals surface area contributed by atoms with E-state index in [-0.39, 0.29) is 0 Å². The van der Waals surface area contributed by atoms with Gasteiger partial charge in [0.25, 0.3) is 0 Å². The first-order chi connectivity index (χ1) is 9.15. The fourth-order valence-corrected chi connectivity index (χ4v) is 3.56. The van der Waals surface area contributed by atoms with E-state index in [4.69, 9.17) is 0 Å². The second kappa shape index (κ2) is 7.08. The lowest BCUT2D eigenvalue weighted by Crippen LogP contribution is -2.21. The molecule has 2 aromatic rings. The average Bonchev–Trinajstić information content (AvgIpc) is 2.83. The maximum Gasteiger partial charge on any atom is 0.103 e. The van der Waals surface area contributed by atoms with Crippen molar-refractivity contribution in [1.82, 2.24) is 10.3 Å². The molecule has 1 heterocycles. The van der Waals surface area contributed by atoms with Crippen molar-refractivity contribution in [2.45, 2.75) is 44.0 Å². The molecule has 0 aliphatic carbocycles. The minimum absolute atomic E-state index is 0.520. The lowest BCUT2D eigenvalue weighted by molar-refractivity contribution is 0.593. The Morgan fingerprint density at radius 2 is 2.11 bits per heavy atom. The van der Waals surface area contributed by atoms with Gasteiger partial charge < -0.3 is 5.32 Å². The Hall–Kier alpha value is -0.840. The topological polar surface area (TPSA) is 24.9 Å². The molecule has 1 N–H and O–H groups in total. The molecule has 2 rings (SSSR count). The van der Waals surface area contributed by atoms with Gasteiger partial charge in [-0.25, -0.2) is 4.98 Å². The first kappa shape index (κ1) is 14.6. The molecule has 19 heavy (non-hydrogen) atoms. The number of benzene rings is 1. The van der Waals surface area contributed by atoms with Gasteiger partial charge in [-0.3, -0.25) is 0 Å². The second-order valence-corrected chi connectivity index (χ2v) is 7.03. The molecule has 0 spiro atoms. The van der Waals surface area contributed by atoms with E-state index in [1.807, 2.05) is 18.0 Å². The van der Waals surface area contributed by atoms with Gasteiger partial charge in [0.1, 0.15) is 5.01 Å². The summed E-state index contributed by atoms with van der Waals surface area (Å²) in [5, 5.41) is 4.62. The number of thioether (sulfide) groups is 1. The van der Waals surface area contributed by atoms with Crippen molar-refractivity contribution >= 4 is 23.1 Å². The molecule has 0 fully saturated rings. The van der Waals surface area contributed by atoms with Gasteiger partial charge in [0.05, 0.1) is 5.75 Å². The molecule has 0 aliphatic rings. The number of thiazole rings is 1. The normalized spacial score (nSPS) is 11.2. The molecule has 0 bridgehead atoms. The minimum atomic E-state index is 0.520. The first-order valence-electron chi connectivity index (χ1n) is 6.50. The number of aromatic nitrogens is 1. The third kappa shape index (κ3) is 4.64. The maximum absolute atomic E-state index is 4.50. The highest BCUT2D eigenvalue weighted by Gasteiger charge is 2.04. The summed E-state index contributed by atoms with van der Waals surface area (Å²) in [6, 6.07) is 9.02. The monoisotopic (exact) mass is 292 g/mol. The first-order valence-corrected chi connectivity index (χ1v) is 8.31. The van der Waals surface area contributed by atoms with Crippen LogP contribution in [-0.4, -0.2) is 11.0 Å². The van der Waals surface area contributed by atoms with Crippen LogP contribution in [0.4, 0.5) is 0 Å². The number of rotatable bonds is 6. The number of aryl methyl sites for hydroxylation is 1. The van der Waals surface area contributed by atoms with Crippen molar-refractivity contribution < 1.29 is 0 Å². The number of hydrogen-bond donors (Lipinski definition) is 1. The molecule has 0 atom stereocenters. The molecular weight excluding hydrogens is 272 g/mol. The standard InChI is InChI=1S/C15H20N2S2/c1-11(2)16-8-13-9-17-15(19-13)10-18-14-7-5-4-6-12(14)3/h4-7,9,11,16H,8,10H2,1-3H3. The van der Waals surface area contributed by atoms with E-state index >= 15 is 0 Å². The molecule has 2 nitrogen and oxygen atoms in total. The van der Waals surface area contributed by atoms with Gasteiger partial charge in [0.15, 0.2) is 0 Å². The molecule has 0 saturated heterocycles. The lowest BCUT2D eigenvalue weighted by Gasteiger charge is -2.05. The van der Waals surface area contributed by atoms with Gasteiger partial charge in [-0.2, -0.15) is 0 Å². The Labute approximate surface area is 123 Å². The highest BCUT2D eigenvalue weighted by atomic mass is 32.2. The van der Waals surface area contributed by atoms with E-state index in [2.05, 4.69) is 55.3 Å². The van der Waals surface area contributed by atoms with Gasteiger partial charge in [0, 0.05) is 28.6 Å². The Balaban J connectivity index is 1.88. The molecule has 0 radical (unpaired) electrons. The molecule has 0 saturated carbocycles. The fraction of sp³-hybridized carbons (Fsp3) is 0.400. The predicted molar refractivity (Wildman–Crippen MR) is 84.8 cm³/mol. The van der Waals surface area contributed by atoms with E-state index in [0.717, 1.165) is 12.3 Å². The van der Waals surface area contributed by atoms with Crippen LogP contribution in [0.25, 0.3) is 0 Å². The van der Waals surface area contributed by atoms with Crippen LogP contribution in [0.1, 0.15) is 29.3 Å². The van der Waals surface area contributed by atoms with Crippen molar-refractivity contribution in [1.29, 1.82) is 0 Å². The van der Waals surface area contributed by atoms with Gasteiger partial charge in [-0.15, -0.1) is 23.1 Å². The third-order valence-corrected chi connectivity index (χ3v) is 5.10. The Morgan fingerprint density at radius 1 is 1.32 bits per heavy atom. The van der Waals surface area contributed by atoms with Crippen molar-refractivity contribution in [3.05, 3.63) is 45.9 Å². The molecule has 4 heteroatoms. The number of nitrogens with one attached hydrogen (secondary N) is 1. The van der Waals surface area contributed by atoms with Gasteiger partial charge in [-0.05, 0) is 18.6 Å². The van der Waals surface area contributed by atoms with Crippen LogP contribution in [0.5, 0.6) is 0 Å². The van der Waals surface area contributed by atoms with Crippen LogP contribution in [-0.2, 0) is 12.3 Å². The van der Waals surface area contributed by atoms with Crippen LogP contribution in [0.3, 0.4) is 0 Å². The van der Waals surface area contributed by atoms with Crippen LogP contribution >= 0.6 is 23.1 Å².